The molecule has 6 heteroatoms. The van der Waals surface area contributed by atoms with E-state index in [-0.39, 0.29) is 11.6 Å². The summed E-state index contributed by atoms with van der Waals surface area (Å²) in [5.74, 6) is -1.56. The van der Waals surface area contributed by atoms with Crippen molar-refractivity contribution in [3.05, 3.63) is 53.2 Å². The van der Waals surface area contributed by atoms with Crippen LogP contribution >= 0.6 is 11.8 Å². The summed E-state index contributed by atoms with van der Waals surface area (Å²) in [6, 6.07) is 8.17. The van der Waals surface area contributed by atoms with Crippen LogP contribution in [0.25, 0.3) is 0 Å². The summed E-state index contributed by atoms with van der Waals surface area (Å²) in [4.78, 5) is 0. The number of halogens is 3. The molecule has 0 saturated carbocycles. The molecule has 108 valence electrons. The van der Waals surface area contributed by atoms with Crippen LogP contribution in [0.4, 0.5) is 18.9 Å². The number of benzene rings is 1. The summed E-state index contributed by atoms with van der Waals surface area (Å²) in [6.07, 6.45) is 0. The molecule has 2 aromatic rings. The molecule has 1 N–H and O–H groups in total. The van der Waals surface area contributed by atoms with Gasteiger partial charge >= 0.3 is 0 Å². The summed E-state index contributed by atoms with van der Waals surface area (Å²) in [5.41, 5.74) is 1.22. The summed E-state index contributed by atoms with van der Waals surface area (Å²) >= 11 is 0.510. The van der Waals surface area contributed by atoms with Crippen LogP contribution in [0.3, 0.4) is 0 Å². The first-order valence-electron chi connectivity index (χ1n) is 6.02. The van der Waals surface area contributed by atoms with Crippen LogP contribution in [0.15, 0.2) is 34.7 Å². The van der Waals surface area contributed by atoms with Crippen LogP contribution in [0.5, 0.6) is 0 Å². The average molecular weight is 301 g/mol. The van der Waals surface area contributed by atoms with E-state index in [0.29, 0.717) is 35.5 Å². The van der Waals surface area contributed by atoms with Crippen molar-refractivity contribution in [3.8, 4) is 0 Å². The monoisotopic (exact) mass is 301 g/mol. The van der Waals surface area contributed by atoms with Gasteiger partial charge in [0.15, 0.2) is 0 Å². The van der Waals surface area contributed by atoms with Gasteiger partial charge in [-0.05, 0) is 30.7 Å². The Morgan fingerprint density at radius 3 is 2.65 bits per heavy atom. The summed E-state index contributed by atoms with van der Waals surface area (Å²) in [5, 5.41) is 2.95. The smallest absolute Gasteiger partial charge is 0.284 e. The van der Waals surface area contributed by atoms with Crippen LogP contribution < -0.4 is 5.32 Å². The van der Waals surface area contributed by atoms with Gasteiger partial charge in [-0.15, -0.1) is 0 Å². The first-order valence-corrected chi connectivity index (χ1v) is 7.07. The molecule has 0 aliphatic rings. The Morgan fingerprint density at radius 1 is 1.20 bits per heavy atom. The minimum absolute atomic E-state index is 0.121. The second-order valence-electron chi connectivity index (χ2n) is 4.22. The SMILES string of the molecule is Cc1cccc(F)c1NCc1ccc(CSC(F)F)o1. The molecule has 0 aliphatic heterocycles. The number of hydrogen-bond acceptors (Lipinski definition) is 3. The standard InChI is InChI=1S/C14H14F3NOS/c1-9-3-2-4-12(15)13(9)18-7-10-5-6-11(19-10)8-20-14(16)17/h2-6,14,18H,7-8H2,1H3. The lowest BCUT2D eigenvalue weighted by Crippen LogP contribution is -2.02. The van der Waals surface area contributed by atoms with Gasteiger partial charge in [-0.1, -0.05) is 23.9 Å². The van der Waals surface area contributed by atoms with Gasteiger partial charge in [-0.3, -0.25) is 0 Å². The van der Waals surface area contributed by atoms with Crippen molar-refractivity contribution in [1.29, 1.82) is 0 Å². The number of rotatable bonds is 6. The van der Waals surface area contributed by atoms with Crippen LogP contribution in [-0.4, -0.2) is 5.76 Å². The third kappa shape index (κ3) is 3.96. The van der Waals surface area contributed by atoms with Crippen LogP contribution in [0.2, 0.25) is 0 Å². The zero-order valence-corrected chi connectivity index (χ0v) is 11.6. The predicted molar refractivity (Wildman–Crippen MR) is 74.5 cm³/mol. The van der Waals surface area contributed by atoms with Gasteiger partial charge in [0.1, 0.15) is 17.3 Å². The fourth-order valence-electron chi connectivity index (χ4n) is 1.77. The summed E-state index contributed by atoms with van der Waals surface area (Å²) in [7, 11) is 0. The van der Waals surface area contributed by atoms with E-state index in [0.717, 1.165) is 5.56 Å². The fourth-order valence-corrected chi connectivity index (χ4v) is 2.22. The van der Waals surface area contributed by atoms with Crippen molar-refractivity contribution >= 4 is 17.4 Å². The second kappa shape index (κ2) is 6.74. The van der Waals surface area contributed by atoms with Crippen molar-refractivity contribution < 1.29 is 17.6 Å². The molecule has 0 unspecified atom stereocenters. The number of aryl methyl sites for hydroxylation is 1. The third-order valence-corrected chi connectivity index (χ3v) is 3.43. The van der Waals surface area contributed by atoms with Gasteiger partial charge in [-0.2, -0.15) is 8.78 Å². The van der Waals surface area contributed by atoms with E-state index in [1.165, 1.54) is 6.07 Å². The van der Waals surface area contributed by atoms with Gasteiger partial charge < -0.3 is 9.73 Å². The lowest BCUT2D eigenvalue weighted by atomic mass is 10.2. The van der Waals surface area contributed by atoms with E-state index in [1.54, 1.807) is 31.2 Å². The van der Waals surface area contributed by atoms with Crippen molar-refractivity contribution in [1.82, 2.24) is 0 Å². The number of para-hydroxylation sites is 1. The number of hydrogen-bond donors (Lipinski definition) is 1. The highest BCUT2D eigenvalue weighted by molar-refractivity contribution is 7.98. The predicted octanol–water partition coefficient (Wildman–Crippen LogP) is 4.80. The van der Waals surface area contributed by atoms with E-state index < -0.39 is 5.76 Å². The summed E-state index contributed by atoms with van der Waals surface area (Å²) < 4.78 is 43.1. The second-order valence-corrected chi connectivity index (χ2v) is 5.20. The molecule has 0 radical (unpaired) electrons. The molecular weight excluding hydrogens is 287 g/mol. The van der Waals surface area contributed by atoms with Crippen LogP contribution in [0, 0.1) is 12.7 Å². The highest BCUT2D eigenvalue weighted by Gasteiger charge is 2.09. The zero-order chi connectivity index (χ0) is 14.5. The van der Waals surface area contributed by atoms with Crippen LogP contribution in [-0.2, 0) is 12.3 Å². The first-order chi connectivity index (χ1) is 9.56. The van der Waals surface area contributed by atoms with Gasteiger partial charge in [-0.25, -0.2) is 4.39 Å². The van der Waals surface area contributed by atoms with Gasteiger partial charge in [0.25, 0.3) is 5.76 Å². The van der Waals surface area contributed by atoms with E-state index >= 15 is 0 Å². The van der Waals surface area contributed by atoms with E-state index in [2.05, 4.69) is 5.32 Å². The average Bonchev–Trinajstić information content (AvgIpc) is 2.84. The number of thioether (sulfide) groups is 1. The summed E-state index contributed by atoms with van der Waals surface area (Å²) in [6.45, 7) is 2.11. The third-order valence-electron chi connectivity index (χ3n) is 2.73. The maximum atomic E-state index is 13.6. The largest absolute Gasteiger partial charge is 0.463 e. The van der Waals surface area contributed by atoms with E-state index in [4.69, 9.17) is 4.42 Å². The Labute approximate surface area is 119 Å². The highest BCUT2D eigenvalue weighted by atomic mass is 32.2. The minimum atomic E-state index is -2.41. The fraction of sp³-hybridized carbons (Fsp3) is 0.286. The zero-order valence-electron chi connectivity index (χ0n) is 10.8. The van der Waals surface area contributed by atoms with Crippen molar-refractivity contribution in [2.24, 2.45) is 0 Å². The molecular formula is C14H14F3NOS. The van der Waals surface area contributed by atoms with Gasteiger partial charge in [0.05, 0.1) is 18.0 Å². The molecule has 0 fully saturated rings. The highest BCUT2D eigenvalue weighted by Crippen LogP contribution is 2.23. The molecule has 0 atom stereocenters. The van der Waals surface area contributed by atoms with E-state index in [1.807, 2.05) is 0 Å². The quantitative estimate of drug-likeness (QED) is 0.830. The molecule has 1 aromatic heterocycles. The molecule has 0 spiro atoms. The number of nitrogens with one attached hydrogen (secondary N) is 1. The Kier molecular flexibility index (Phi) is 5.00. The normalized spacial score (nSPS) is 11.1. The molecule has 1 heterocycles. The first kappa shape index (κ1) is 14.8. The molecule has 0 amide bonds. The van der Waals surface area contributed by atoms with Gasteiger partial charge in [0, 0.05) is 0 Å². The molecule has 0 bridgehead atoms. The lowest BCUT2D eigenvalue weighted by Gasteiger charge is -2.09. The number of furan rings is 1. The Bertz CT molecular complexity index is 551. The Hall–Kier alpha value is -1.56. The molecule has 0 saturated heterocycles. The molecule has 2 rings (SSSR count). The molecule has 2 nitrogen and oxygen atoms in total. The lowest BCUT2D eigenvalue weighted by molar-refractivity contribution is 0.251. The van der Waals surface area contributed by atoms with Gasteiger partial charge in [0.2, 0.25) is 0 Å². The van der Waals surface area contributed by atoms with E-state index in [9.17, 15) is 13.2 Å². The maximum Gasteiger partial charge on any atom is 0.284 e. The topological polar surface area (TPSA) is 25.2 Å². The molecule has 1 aromatic carbocycles. The van der Waals surface area contributed by atoms with Crippen molar-refractivity contribution in [3.63, 3.8) is 0 Å². The number of alkyl halides is 2. The Morgan fingerprint density at radius 2 is 1.95 bits per heavy atom. The molecule has 20 heavy (non-hydrogen) atoms. The molecule has 0 aliphatic carbocycles. The van der Waals surface area contributed by atoms with Crippen molar-refractivity contribution in [2.75, 3.05) is 5.32 Å². The number of anilines is 1. The maximum absolute atomic E-state index is 13.6. The van der Waals surface area contributed by atoms with Crippen LogP contribution in [0.1, 0.15) is 17.1 Å². The minimum Gasteiger partial charge on any atom is -0.463 e. The Balaban J connectivity index is 1.94. The van der Waals surface area contributed by atoms with Crippen molar-refractivity contribution in [2.45, 2.75) is 25.0 Å².